The van der Waals surface area contributed by atoms with Crippen molar-refractivity contribution < 1.29 is 4.42 Å². The van der Waals surface area contributed by atoms with E-state index in [1.54, 1.807) is 0 Å². The fourth-order valence-corrected chi connectivity index (χ4v) is 3.96. The first-order chi connectivity index (χ1) is 12.9. The summed E-state index contributed by atoms with van der Waals surface area (Å²) < 4.78 is 6.47. The van der Waals surface area contributed by atoms with E-state index in [2.05, 4.69) is 69.8 Å². The Morgan fingerprint density at radius 3 is 2.54 bits per heavy atom. The molecule has 1 aliphatic heterocycles. The predicted octanol–water partition coefficient (Wildman–Crippen LogP) is 3.98. The van der Waals surface area contributed by atoms with Gasteiger partial charge in [-0.2, -0.15) is 0 Å². The van der Waals surface area contributed by atoms with Crippen molar-refractivity contribution in [2.75, 3.05) is 26.2 Å². The Bertz CT molecular complexity index is 1040. The average molecular weight is 343 g/mol. The lowest BCUT2D eigenvalue weighted by Crippen LogP contribution is -2.45. The molecule has 0 bridgehead atoms. The van der Waals surface area contributed by atoms with Gasteiger partial charge in [0.25, 0.3) is 0 Å². The maximum absolute atomic E-state index is 6.47. The Morgan fingerprint density at radius 2 is 1.69 bits per heavy atom. The Hall–Kier alpha value is -2.69. The zero-order chi connectivity index (χ0) is 17.3. The number of furan rings is 1. The molecule has 130 valence electrons. The fourth-order valence-electron chi connectivity index (χ4n) is 3.96. The summed E-state index contributed by atoms with van der Waals surface area (Å²) in [4.78, 5) is 6.68. The number of hydrogen-bond donors (Lipinski definition) is 1. The molecule has 4 heteroatoms. The van der Waals surface area contributed by atoms with Gasteiger partial charge in [-0.3, -0.25) is 9.88 Å². The maximum Gasteiger partial charge on any atom is 0.142 e. The molecule has 26 heavy (non-hydrogen) atoms. The average Bonchev–Trinajstić information content (AvgIpc) is 3.14. The van der Waals surface area contributed by atoms with E-state index in [1.165, 1.54) is 16.3 Å². The molecule has 1 aliphatic rings. The highest BCUT2D eigenvalue weighted by Gasteiger charge is 2.27. The van der Waals surface area contributed by atoms with Crippen molar-refractivity contribution in [1.82, 2.24) is 15.2 Å². The quantitative estimate of drug-likeness (QED) is 0.611. The van der Waals surface area contributed by atoms with Crippen molar-refractivity contribution in [3.05, 3.63) is 78.3 Å². The standard InChI is InChI=1S/C22H21N3O/c1-2-4-19-16(3-1)5-6-18-15-20(26-22(18)19)21(17-7-9-23-10-8-17)25-13-11-24-12-14-25/h1-10,15,21,24H,11-14H2. The number of hydrogen-bond acceptors (Lipinski definition) is 4. The van der Waals surface area contributed by atoms with Gasteiger partial charge >= 0.3 is 0 Å². The fraction of sp³-hybridized carbons (Fsp3) is 0.227. The third kappa shape index (κ3) is 2.68. The van der Waals surface area contributed by atoms with Crippen LogP contribution in [-0.2, 0) is 0 Å². The van der Waals surface area contributed by atoms with Gasteiger partial charge in [-0.05, 0) is 29.1 Å². The van der Waals surface area contributed by atoms with Crippen molar-refractivity contribution in [3.63, 3.8) is 0 Å². The Balaban J connectivity index is 1.67. The minimum Gasteiger partial charge on any atom is -0.458 e. The molecule has 1 saturated heterocycles. The van der Waals surface area contributed by atoms with Crippen molar-refractivity contribution in [1.29, 1.82) is 0 Å². The molecule has 2 aromatic carbocycles. The zero-order valence-corrected chi connectivity index (χ0v) is 14.6. The van der Waals surface area contributed by atoms with Crippen molar-refractivity contribution in [2.24, 2.45) is 0 Å². The third-order valence-corrected chi connectivity index (χ3v) is 5.24. The maximum atomic E-state index is 6.47. The van der Waals surface area contributed by atoms with E-state index >= 15 is 0 Å². The molecule has 1 atom stereocenters. The highest BCUT2D eigenvalue weighted by molar-refractivity contribution is 6.04. The SMILES string of the molecule is c1ccc2c(c1)ccc1cc(C(c3ccncc3)N3CCNCC3)oc12. The van der Waals surface area contributed by atoms with Crippen LogP contribution in [0.15, 0.2) is 71.4 Å². The molecule has 4 aromatic rings. The van der Waals surface area contributed by atoms with Crippen LogP contribution >= 0.6 is 0 Å². The van der Waals surface area contributed by atoms with E-state index in [4.69, 9.17) is 4.42 Å². The van der Waals surface area contributed by atoms with Crippen LogP contribution in [0.1, 0.15) is 17.4 Å². The van der Waals surface area contributed by atoms with Gasteiger partial charge < -0.3 is 9.73 Å². The minimum absolute atomic E-state index is 0.117. The normalized spacial score (nSPS) is 16.9. The molecule has 2 aromatic heterocycles. The molecular weight excluding hydrogens is 322 g/mol. The van der Waals surface area contributed by atoms with Crippen molar-refractivity contribution >= 4 is 21.7 Å². The van der Waals surface area contributed by atoms with Crippen LogP contribution in [0.5, 0.6) is 0 Å². The molecule has 4 nitrogen and oxygen atoms in total. The van der Waals surface area contributed by atoms with Crippen LogP contribution in [0.4, 0.5) is 0 Å². The minimum atomic E-state index is 0.117. The van der Waals surface area contributed by atoms with Crippen LogP contribution in [0, 0.1) is 0 Å². The zero-order valence-electron chi connectivity index (χ0n) is 14.6. The van der Waals surface area contributed by atoms with Crippen molar-refractivity contribution in [3.8, 4) is 0 Å². The monoisotopic (exact) mass is 343 g/mol. The topological polar surface area (TPSA) is 41.3 Å². The smallest absolute Gasteiger partial charge is 0.142 e. The molecule has 1 N–H and O–H groups in total. The van der Waals surface area contributed by atoms with E-state index in [0.29, 0.717) is 0 Å². The molecule has 0 saturated carbocycles. The number of benzene rings is 2. The molecule has 0 aliphatic carbocycles. The summed E-state index contributed by atoms with van der Waals surface area (Å²) in [5.74, 6) is 1.00. The first-order valence-corrected chi connectivity index (χ1v) is 9.16. The molecule has 0 spiro atoms. The summed E-state index contributed by atoms with van der Waals surface area (Å²) in [5.41, 5.74) is 2.21. The molecule has 0 radical (unpaired) electrons. The summed E-state index contributed by atoms with van der Waals surface area (Å²) in [6, 6.07) is 19.2. The number of fused-ring (bicyclic) bond motifs is 3. The second kappa shape index (κ2) is 6.56. The Labute approximate surface area is 152 Å². The lowest BCUT2D eigenvalue weighted by atomic mass is 10.0. The second-order valence-electron chi connectivity index (χ2n) is 6.82. The van der Waals surface area contributed by atoms with Gasteiger partial charge in [0.05, 0.1) is 6.04 Å². The van der Waals surface area contributed by atoms with Gasteiger partial charge in [0.1, 0.15) is 11.3 Å². The molecular formula is C22H21N3O. The Kier molecular flexibility index (Phi) is 3.92. The first-order valence-electron chi connectivity index (χ1n) is 9.16. The van der Waals surface area contributed by atoms with E-state index in [9.17, 15) is 0 Å². The number of nitrogens with zero attached hydrogens (tertiary/aromatic N) is 2. The molecule has 5 rings (SSSR count). The van der Waals surface area contributed by atoms with E-state index < -0.39 is 0 Å². The lowest BCUT2D eigenvalue weighted by molar-refractivity contribution is 0.182. The summed E-state index contributed by atoms with van der Waals surface area (Å²) in [5, 5.41) is 6.98. The van der Waals surface area contributed by atoms with Crippen LogP contribution in [0.25, 0.3) is 21.7 Å². The van der Waals surface area contributed by atoms with Crippen molar-refractivity contribution in [2.45, 2.75) is 6.04 Å². The summed E-state index contributed by atoms with van der Waals surface area (Å²) in [6.45, 7) is 4.02. The molecule has 1 fully saturated rings. The van der Waals surface area contributed by atoms with Gasteiger partial charge in [0.2, 0.25) is 0 Å². The largest absolute Gasteiger partial charge is 0.458 e. The highest BCUT2D eigenvalue weighted by Crippen LogP contribution is 2.35. The summed E-state index contributed by atoms with van der Waals surface area (Å²) in [6.07, 6.45) is 3.73. The Morgan fingerprint density at radius 1 is 0.923 bits per heavy atom. The number of rotatable bonds is 3. The molecule has 1 unspecified atom stereocenters. The highest BCUT2D eigenvalue weighted by atomic mass is 16.3. The first kappa shape index (κ1) is 15.6. The number of pyridine rings is 1. The van der Waals surface area contributed by atoms with Gasteiger partial charge in [-0.15, -0.1) is 0 Å². The van der Waals surface area contributed by atoms with Gasteiger partial charge in [-0.1, -0.05) is 36.4 Å². The van der Waals surface area contributed by atoms with E-state index in [1.807, 2.05) is 12.4 Å². The van der Waals surface area contributed by atoms with Crippen LogP contribution in [0.2, 0.25) is 0 Å². The van der Waals surface area contributed by atoms with E-state index in [0.717, 1.165) is 42.9 Å². The third-order valence-electron chi connectivity index (χ3n) is 5.24. The lowest BCUT2D eigenvalue weighted by Gasteiger charge is -2.34. The number of aromatic nitrogens is 1. The van der Waals surface area contributed by atoms with Gasteiger partial charge in [0.15, 0.2) is 0 Å². The van der Waals surface area contributed by atoms with E-state index in [-0.39, 0.29) is 6.04 Å². The number of nitrogens with one attached hydrogen (secondary N) is 1. The summed E-state index contributed by atoms with van der Waals surface area (Å²) in [7, 11) is 0. The number of piperazine rings is 1. The second-order valence-corrected chi connectivity index (χ2v) is 6.82. The summed E-state index contributed by atoms with van der Waals surface area (Å²) >= 11 is 0. The van der Waals surface area contributed by atoms with Gasteiger partial charge in [-0.25, -0.2) is 0 Å². The van der Waals surface area contributed by atoms with Gasteiger partial charge in [0, 0.05) is 49.3 Å². The predicted molar refractivity (Wildman–Crippen MR) is 104 cm³/mol. The van der Waals surface area contributed by atoms with Crippen LogP contribution in [-0.4, -0.2) is 36.1 Å². The van der Waals surface area contributed by atoms with Crippen LogP contribution in [0.3, 0.4) is 0 Å². The molecule has 0 amide bonds. The van der Waals surface area contributed by atoms with Crippen LogP contribution < -0.4 is 5.32 Å². The molecule has 3 heterocycles.